The molecule has 6 heteroatoms. The Hall–Kier alpha value is -2.08. The second-order valence-corrected chi connectivity index (χ2v) is 6.29. The number of halogens is 1. The third kappa shape index (κ3) is 7.87. The smallest absolute Gasteiger partial charge is 0.191 e. The maximum Gasteiger partial charge on any atom is 0.191 e. The Morgan fingerprint density at radius 2 is 1.81 bits per heavy atom. The van der Waals surface area contributed by atoms with Crippen LogP contribution in [-0.4, -0.2) is 36.9 Å². The Kier molecular flexibility index (Phi) is 8.96. The van der Waals surface area contributed by atoms with Crippen LogP contribution in [0, 0.1) is 0 Å². The van der Waals surface area contributed by atoms with E-state index in [1.165, 1.54) is 0 Å². The predicted octanol–water partition coefficient (Wildman–Crippen LogP) is 2.97. The van der Waals surface area contributed by atoms with E-state index in [-0.39, 0.29) is 6.61 Å². The number of benzene rings is 2. The fourth-order valence-corrected chi connectivity index (χ4v) is 2.39. The summed E-state index contributed by atoms with van der Waals surface area (Å²) >= 11 is 5.89. The van der Waals surface area contributed by atoms with Crippen molar-refractivity contribution in [1.29, 1.82) is 0 Å². The van der Waals surface area contributed by atoms with Crippen LogP contribution in [0.25, 0.3) is 0 Å². The first kappa shape index (κ1) is 20.2. The second kappa shape index (κ2) is 11.5. The monoisotopic (exact) mass is 375 g/mol. The highest BCUT2D eigenvalue weighted by Gasteiger charge is 2.06. The van der Waals surface area contributed by atoms with Gasteiger partial charge in [0.2, 0.25) is 0 Å². The molecule has 0 aliphatic heterocycles. The molecule has 0 aromatic heterocycles. The van der Waals surface area contributed by atoms with Crippen molar-refractivity contribution < 1.29 is 9.84 Å². The van der Waals surface area contributed by atoms with Crippen LogP contribution in [0.15, 0.2) is 59.6 Å². The minimum absolute atomic E-state index is 0.262. The number of rotatable bonds is 9. The summed E-state index contributed by atoms with van der Waals surface area (Å²) in [6.07, 6.45) is -0.613. The van der Waals surface area contributed by atoms with E-state index >= 15 is 0 Å². The molecule has 2 aromatic carbocycles. The first-order valence-electron chi connectivity index (χ1n) is 8.73. The summed E-state index contributed by atoms with van der Waals surface area (Å²) in [5.41, 5.74) is 2.16. The summed E-state index contributed by atoms with van der Waals surface area (Å²) in [4.78, 5) is 4.51. The Morgan fingerprint density at radius 3 is 2.50 bits per heavy atom. The van der Waals surface area contributed by atoms with Crippen LogP contribution in [0.4, 0.5) is 0 Å². The molecule has 2 rings (SSSR count). The fraction of sp³-hybridized carbons (Fsp3) is 0.350. The van der Waals surface area contributed by atoms with Crippen LogP contribution in [0.1, 0.15) is 18.1 Å². The molecule has 0 saturated heterocycles. The van der Waals surface area contributed by atoms with Crippen LogP contribution in [0.2, 0.25) is 5.02 Å². The molecule has 0 aliphatic carbocycles. The molecule has 140 valence electrons. The number of aliphatic hydroxyl groups excluding tert-OH is 1. The van der Waals surface area contributed by atoms with Crippen molar-refractivity contribution in [1.82, 2.24) is 10.6 Å². The number of guanidine groups is 1. The molecule has 0 spiro atoms. The van der Waals surface area contributed by atoms with Crippen molar-refractivity contribution >= 4 is 17.6 Å². The van der Waals surface area contributed by atoms with E-state index in [0.717, 1.165) is 17.7 Å². The van der Waals surface area contributed by atoms with Gasteiger partial charge in [0.1, 0.15) is 0 Å². The minimum atomic E-state index is -0.613. The predicted molar refractivity (Wildman–Crippen MR) is 106 cm³/mol. The largest absolute Gasteiger partial charge is 0.389 e. The molecule has 5 nitrogen and oxygen atoms in total. The molecule has 0 saturated carbocycles. The van der Waals surface area contributed by atoms with Gasteiger partial charge in [-0.3, -0.25) is 0 Å². The van der Waals surface area contributed by atoms with Gasteiger partial charge in [-0.15, -0.1) is 0 Å². The van der Waals surface area contributed by atoms with Gasteiger partial charge >= 0.3 is 0 Å². The average Bonchev–Trinajstić information content (AvgIpc) is 2.66. The topological polar surface area (TPSA) is 65.9 Å². The summed E-state index contributed by atoms with van der Waals surface area (Å²) < 4.78 is 5.55. The van der Waals surface area contributed by atoms with Gasteiger partial charge in [-0.1, -0.05) is 54.1 Å². The SMILES string of the molecule is CCNC(=NCc1ccc(Cl)cc1)NCC(O)COCc1ccccc1. The van der Waals surface area contributed by atoms with E-state index in [4.69, 9.17) is 16.3 Å². The molecule has 0 bridgehead atoms. The maximum atomic E-state index is 10.1. The van der Waals surface area contributed by atoms with Gasteiger partial charge in [-0.25, -0.2) is 4.99 Å². The molecular weight excluding hydrogens is 350 g/mol. The molecule has 0 amide bonds. The number of hydrogen-bond acceptors (Lipinski definition) is 3. The number of aliphatic imine (C=N–C) groups is 1. The van der Waals surface area contributed by atoms with E-state index in [1.807, 2.05) is 61.5 Å². The van der Waals surface area contributed by atoms with E-state index in [0.29, 0.717) is 30.7 Å². The number of nitrogens with one attached hydrogen (secondary N) is 2. The van der Waals surface area contributed by atoms with E-state index in [2.05, 4.69) is 15.6 Å². The Morgan fingerprint density at radius 1 is 1.08 bits per heavy atom. The van der Waals surface area contributed by atoms with Crippen LogP contribution < -0.4 is 10.6 Å². The van der Waals surface area contributed by atoms with Crippen molar-refractivity contribution in [3.05, 3.63) is 70.7 Å². The molecule has 1 atom stereocenters. The quantitative estimate of drug-likeness (QED) is 0.465. The standard InChI is InChI=1S/C20H26ClN3O2/c1-2-22-20(23-12-16-8-10-18(21)11-9-16)24-13-19(25)15-26-14-17-6-4-3-5-7-17/h3-11,19,25H,2,12-15H2,1H3,(H2,22,23,24). The molecule has 0 heterocycles. The molecule has 0 radical (unpaired) electrons. The first-order chi connectivity index (χ1) is 12.7. The van der Waals surface area contributed by atoms with Crippen molar-refractivity contribution in [2.45, 2.75) is 26.2 Å². The summed E-state index contributed by atoms with van der Waals surface area (Å²) in [7, 11) is 0. The third-order valence-electron chi connectivity index (χ3n) is 3.60. The third-order valence-corrected chi connectivity index (χ3v) is 3.86. The minimum Gasteiger partial charge on any atom is -0.389 e. The molecule has 0 fully saturated rings. The van der Waals surface area contributed by atoms with Crippen molar-refractivity contribution in [3.8, 4) is 0 Å². The highest BCUT2D eigenvalue weighted by Crippen LogP contribution is 2.10. The highest BCUT2D eigenvalue weighted by molar-refractivity contribution is 6.30. The Labute approximate surface area is 160 Å². The molecule has 26 heavy (non-hydrogen) atoms. The lowest BCUT2D eigenvalue weighted by Crippen LogP contribution is -2.42. The van der Waals surface area contributed by atoms with Gasteiger partial charge in [0.25, 0.3) is 0 Å². The van der Waals surface area contributed by atoms with E-state index < -0.39 is 6.10 Å². The molecule has 2 aromatic rings. The zero-order chi connectivity index (χ0) is 18.6. The molecule has 1 unspecified atom stereocenters. The lowest BCUT2D eigenvalue weighted by atomic mass is 10.2. The Bertz CT molecular complexity index is 663. The van der Waals surface area contributed by atoms with Crippen LogP contribution in [-0.2, 0) is 17.9 Å². The number of aliphatic hydroxyl groups is 1. The highest BCUT2D eigenvalue weighted by atomic mass is 35.5. The van der Waals surface area contributed by atoms with Crippen LogP contribution in [0.3, 0.4) is 0 Å². The zero-order valence-corrected chi connectivity index (χ0v) is 15.7. The Balaban J connectivity index is 1.73. The van der Waals surface area contributed by atoms with Crippen molar-refractivity contribution in [2.24, 2.45) is 4.99 Å². The van der Waals surface area contributed by atoms with Gasteiger partial charge < -0.3 is 20.5 Å². The summed E-state index contributed by atoms with van der Waals surface area (Å²) in [6.45, 7) is 4.39. The van der Waals surface area contributed by atoms with Crippen molar-refractivity contribution in [3.63, 3.8) is 0 Å². The molecule has 0 aliphatic rings. The summed E-state index contributed by atoms with van der Waals surface area (Å²) in [5.74, 6) is 0.657. The first-order valence-corrected chi connectivity index (χ1v) is 9.11. The number of nitrogens with zero attached hydrogens (tertiary/aromatic N) is 1. The van der Waals surface area contributed by atoms with Gasteiger partial charge in [0.15, 0.2) is 5.96 Å². The number of hydrogen-bond donors (Lipinski definition) is 3. The lowest BCUT2D eigenvalue weighted by molar-refractivity contribution is 0.0308. The molecular formula is C20H26ClN3O2. The molecule has 3 N–H and O–H groups in total. The van der Waals surface area contributed by atoms with Crippen LogP contribution in [0.5, 0.6) is 0 Å². The van der Waals surface area contributed by atoms with E-state index in [1.54, 1.807) is 0 Å². The van der Waals surface area contributed by atoms with E-state index in [9.17, 15) is 5.11 Å². The lowest BCUT2D eigenvalue weighted by Gasteiger charge is -2.15. The number of ether oxygens (including phenoxy) is 1. The van der Waals surface area contributed by atoms with Crippen molar-refractivity contribution in [2.75, 3.05) is 19.7 Å². The summed E-state index contributed by atoms with van der Waals surface area (Å²) in [6, 6.07) is 17.5. The summed E-state index contributed by atoms with van der Waals surface area (Å²) in [5, 5.41) is 17.1. The fourth-order valence-electron chi connectivity index (χ4n) is 2.26. The van der Waals surface area contributed by atoms with Crippen LogP contribution >= 0.6 is 11.6 Å². The van der Waals surface area contributed by atoms with Gasteiger partial charge in [0, 0.05) is 18.1 Å². The second-order valence-electron chi connectivity index (χ2n) is 5.86. The van der Waals surface area contributed by atoms with Gasteiger partial charge in [-0.2, -0.15) is 0 Å². The normalized spacial score (nSPS) is 12.7. The average molecular weight is 376 g/mol. The zero-order valence-electron chi connectivity index (χ0n) is 15.0. The maximum absolute atomic E-state index is 10.1. The van der Waals surface area contributed by atoms with Gasteiger partial charge in [0.05, 0.1) is 25.9 Å². The van der Waals surface area contributed by atoms with Gasteiger partial charge in [-0.05, 0) is 30.2 Å².